The average molecular weight is 320 g/mol. The maximum Gasteiger partial charge on any atom is 0.318 e. The molecule has 0 heterocycles. The summed E-state index contributed by atoms with van der Waals surface area (Å²) in [6.45, 7) is 1.67. The van der Waals surface area contributed by atoms with E-state index in [1.807, 2.05) is 12.1 Å². The van der Waals surface area contributed by atoms with Gasteiger partial charge >= 0.3 is 5.97 Å². The Morgan fingerprint density at radius 3 is 2.47 bits per heavy atom. The Morgan fingerprint density at radius 1 is 1.21 bits per heavy atom. The van der Waals surface area contributed by atoms with Gasteiger partial charge in [-0.15, -0.1) is 0 Å². The summed E-state index contributed by atoms with van der Waals surface area (Å²) >= 11 is 3.37. The van der Waals surface area contributed by atoms with Crippen molar-refractivity contribution < 1.29 is 9.90 Å². The molecule has 0 aliphatic carbocycles. The molecule has 1 atom stereocenters. The SMILES string of the molecule is CC(C(=O)O)(c1cccc(Br)c1)c1ccccc1N. The van der Waals surface area contributed by atoms with Crippen LogP contribution in [-0.4, -0.2) is 11.1 Å². The molecule has 3 nitrogen and oxygen atoms in total. The number of carboxylic acid groups (broad SMARTS) is 1. The zero-order valence-electron chi connectivity index (χ0n) is 10.4. The van der Waals surface area contributed by atoms with E-state index in [1.165, 1.54) is 0 Å². The molecule has 0 fully saturated rings. The van der Waals surface area contributed by atoms with Gasteiger partial charge in [-0.05, 0) is 36.2 Å². The van der Waals surface area contributed by atoms with Crippen molar-refractivity contribution in [1.82, 2.24) is 0 Å². The minimum absolute atomic E-state index is 0.479. The number of anilines is 1. The molecule has 0 aliphatic heterocycles. The molecule has 0 saturated heterocycles. The Labute approximate surface area is 120 Å². The Hall–Kier alpha value is -1.81. The molecule has 0 bridgehead atoms. The van der Waals surface area contributed by atoms with Crippen LogP contribution in [-0.2, 0) is 10.2 Å². The van der Waals surface area contributed by atoms with Gasteiger partial charge in [-0.25, -0.2) is 0 Å². The molecule has 2 aromatic carbocycles. The lowest BCUT2D eigenvalue weighted by Crippen LogP contribution is -2.34. The first kappa shape index (κ1) is 13.6. The van der Waals surface area contributed by atoms with E-state index in [4.69, 9.17) is 5.73 Å². The lowest BCUT2D eigenvalue weighted by Gasteiger charge is -2.27. The largest absolute Gasteiger partial charge is 0.480 e. The first-order valence-electron chi connectivity index (χ1n) is 5.80. The molecule has 4 heteroatoms. The number of carbonyl (C=O) groups is 1. The summed E-state index contributed by atoms with van der Waals surface area (Å²) in [5, 5.41) is 9.68. The molecule has 0 saturated carbocycles. The number of aliphatic carboxylic acids is 1. The Kier molecular flexibility index (Phi) is 3.62. The van der Waals surface area contributed by atoms with Crippen LogP contribution in [0, 0.1) is 0 Å². The molecule has 1 unspecified atom stereocenters. The highest BCUT2D eigenvalue weighted by Gasteiger charge is 2.38. The van der Waals surface area contributed by atoms with Gasteiger partial charge in [0.05, 0.1) is 0 Å². The van der Waals surface area contributed by atoms with Crippen LogP contribution in [0.25, 0.3) is 0 Å². The summed E-state index contributed by atoms with van der Waals surface area (Å²) in [4.78, 5) is 11.8. The molecule has 0 amide bonds. The Morgan fingerprint density at radius 2 is 1.89 bits per heavy atom. The van der Waals surface area contributed by atoms with Gasteiger partial charge < -0.3 is 10.8 Å². The minimum Gasteiger partial charge on any atom is -0.480 e. The van der Waals surface area contributed by atoms with E-state index in [9.17, 15) is 9.90 Å². The molecule has 0 radical (unpaired) electrons. The molecule has 0 spiro atoms. The van der Waals surface area contributed by atoms with Gasteiger partial charge in [0.2, 0.25) is 0 Å². The van der Waals surface area contributed by atoms with Crippen LogP contribution in [0.15, 0.2) is 53.0 Å². The molecule has 0 aromatic heterocycles. The number of benzene rings is 2. The van der Waals surface area contributed by atoms with Crippen LogP contribution in [0.4, 0.5) is 5.69 Å². The van der Waals surface area contributed by atoms with Gasteiger partial charge in [-0.3, -0.25) is 4.79 Å². The molecular weight excluding hydrogens is 306 g/mol. The first-order chi connectivity index (χ1) is 8.96. The number of nitrogen functional groups attached to an aromatic ring is 1. The van der Waals surface area contributed by atoms with Gasteiger partial charge in [0.25, 0.3) is 0 Å². The third kappa shape index (κ3) is 2.36. The van der Waals surface area contributed by atoms with Crippen LogP contribution >= 0.6 is 15.9 Å². The summed E-state index contributed by atoms with van der Waals surface area (Å²) in [5.41, 5.74) is 6.54. The second kappa shape index (κ2) is 5.05. The normalized spacial score (nSPS) is 13.8. The zero-order chi connectivity index (χ0) is 14.0. The molecule has 98 valence electrons. The second-order valence-electron chi connectivity index (χ2n) is 4.53. The maximum atomic E-state index is 11.8. The third-order valence-electron chi connectivity index (χ3n) is 3.33. The zero-order valence-corrected chi connectivity index (χ0v) is 12.0. The lowest BCUT2D eigenvalue weighted by molar-refractivity contribution is -0.141. The van der Waals surface area contributed by atoms with Crippen molar-refractivity contribution in [2.45, 2.75) is 12.3 Å². The van der Waals surface area contributed by atoms with Crippen molar-refractivity contribution in [2.75, 3.05) is 5.73 Å². The van der Waals surface area contributed by atoms with Crippen molar-refractivity contribution in [3.63, 3.8) is 0 Å². The molecule has 19 heavy (non-hydrogen) atoms. The number of para-hydroxylation sites is 1. The minimum atomic E-state index is -1.17. The number of hydrogen-bond acceptors (Lipinski definition) is 2. The second-order valence-corrected chi connectivity index (χ2v) is 5.44. The predicted molar refractivity (Wildman–Crippen MR) is 79.1 cm³/mol. The molecule has 0 aliphatic rings. The standard InChI is InChI=1S/C15H14BrNO2/c1-15(14(18)19,10-5-4-6-11(16)9-10)12-7-2-3-8-13(12)17/h2-9H,17H2,1H3,(H,18,19). The van der Waals surface area contributed by atoms with Crippen LogP contribution in [0.5, 0.6) is 0 Å². The summed E-state index contributed by atoms with van der Waals surface area (Å²) < 4.78 is 0.840. The monoisotopic (exact) mass is 319 g/mol. The number of rotatable bonds is 3. The molecule has 2 rings (SSSR count). The lowest BCUT2D eigenvalue weighted by atomic mass is 9.75. The summed E-state index contributed by atoms with van der Waals surface area (Å²) in [6.07, 6.45) is 0. The first-order valence-corrected chi connectivity index (χ1v) is 6.60. The van der Waals surface area contributed by atoms with E-state index in [1.54, 1.807) is 43.3 Å². The van der Waals surface area contributed by atoms with Crippen molar-refractivity contribution in [3.05, 3.63) is 64.1 Å². The molecule has 3 N–H and O–H groups in total. The van der Waals surface area contributed by atoms with Gasteiger partial charge in [0.15, 0.2) is 0 Å². The van der Waals surface area contributed by atoms with E-state index in [2.05, 4.69) is 15.9 Å². The van der Waals surface area contributed by atoms with E-state index in [0.29, 0.717) is 16.8 Å². The summed E-state index contributed by atoms with van der Waals surface area (Å²) in [6, 6.07) is 14.3. The van der Waals surface area contributed by atoms with Crippen molar-refractivity contribution >= 4 is 27.6 Å². The van der Waals surface area contributed by atoms with E-state index in [0.717, 1.165) is 4.47 Å². The van der Waals surface area contributed by atoms with Crippen molar-refractivity contribution in [1.29, 1.82) is 0 Å². The van der Waals surface area contributed by atoms with Crippen LogP contribution in [0.2, 0.25) is 0 Å². The van der Waals surface area contributed by atoms with E-state index >= 15 is 0 Å². The maximum absolute atomic E-state index is 11.8. The van der Waals surface area contributed by atoms with Crippen molar-refractivity contribution in [2.24, 2.45) is 0 Å². The fourth-order valence-corrected chi connectivity index (χ4v) is 2.55. The predicted octanol–water partition coefficient (Wildman–Crippen LogP) is 3.42. The van der Waals surface area contributed by atoms with Gasteiger partial charge in [0.1, 0.15) is 5.41 Å². The number of nitrogens with two attached hydrogens (primary N) is 1. The van der Waals surface area contributed by atoms with Crippen LogP contribution in [0.1, 0.15) is 18.1 Å². The summed E-state index contributed by atoms with van der Waals surface area (Å²) in [5.74, 6) is -0.927. The Balaban J connectivity index is 2.69. The van der Waals surface area contributed by atoms with Crippen molar-refractivity contribution in [3.8, 4) is 0 Å². The molecule has 2 aromatic rings. The number of hydrogen-bond donors (Lipinski definition) is 2. The average Bonchev–Trinajstić information content (AvgIpc) is 2.38. The van der Waals surface area contributed by atoms with Crippen LogP contribution in [0.3, 0.4) is 0 Å². The highest BCUT2D eigenvalue weighted by atomic mass is 79.9. The fraction of sp³-hybridized carbons (Fsp3) is 0.133. The highest BCUT2D eigenvalue weighted by Crippen LogP contribution is 2.36. The molecular formula is C15H14BrNO2. The van der Waals surface area contributed by atoms with E-state index < -0.39 is 11.4 Å². The van der Waals surface area contributed by atoms with E-state index in [-0.39, 0.29) is 0 Å². The topological polar surface area (TPSA) is 63.3 Å². The van der Waals surface area contributed by atoms with Gasteiger partial charge in [0, 0.05) is 10.2 Å². The van der Waals surface area contributed by atoms with Crippen LogP contribution < -0.4 is 5.73 Å². The van der Waals surface area contributed by atoms with Gasteiger partial charge in [-0.1, -0.05) is 46.3 Å². The highest BCUT2D eigenvalue weighted by molar-refractivity contribution is 9.10. The summed E-state index contributed by atoms with van der Waals surface area (Å²) in [7, 11) is 0. The fourth-order valence-electron chi connectivity index (χ4n) is 2.15. The number of halogens is 1. The quantitative estimate of drug-likeness (QED) is 0.852. The third-order valence-corrected chi connectivity index (χ3v) is 3.82. The number of carboxylic acids is 1. The van der Waals surface area contributed by atoms with Gasteiger partial charge in [-0.2, -0.15) is 0 Å². The smallest absolute Gasteiger partial charge is 0.318 e. The Bertz CT molecular complexity index is 627.